The molecule has 0 radical (unpaired) electrons. The lowest BCUT2D eigenvalue weighted by molar-refractivity contribution is -0.114. The van der Waals surface area contributed by atoms with E-state index in [-0.39, 0.29) is 17.9 Å². The van der Waals surface area contributed by atoms with Gasteiger partial charge in [0.2, 0.25) is 5.91 Å². The lowest BCUT2D eigenvalue weighted by atomic mass is 10.1. The molecule has 2 aromatic heterocycles. The van der Waals surface area contributed by atoms with Crippen LogP contribution in [0.4, 0.5) is 5.69 Å². The number of carbonyl (C=O) groups excluding carboxylic acids is 2. The van der Waals surface area contributed by atoms with Crippen molar-refractivity contribution in [3.05, 3.63) is 53.6 Å². The molecule has 3 heterocycles. The average molecular weight is 407 g/mol. The summed E-state index contributed by atoms with van der Waals surface area (Å²) in [6, 6.07) is 7.40. The zero-order chi connectivity index (χ0) is 21.1. The molecule has 8 nitrogen and oxygen atoms in total. The van der Waals surface area contributed by atoms with Crippen LogP contribution in [0.3, 0.4) is 0 Å². The number of ether oxygens (including phenoxy) is 1. The van der Waals surface area contributed by atoms with Crippen LogP contribution in [0.2, 0.25) is 0 Å². The minimum atomic E-state index is -0.199. The van der Waals surface area contributed by atoms with Gasteiger partial charge in [0, 0.05) is 38.0 Å². The van der Waals surface area contributed by atoms with Gasteiger partial charge in [0.05, 0.1) is 35.8 Å². The van der Waals surface area contributed by atoms with E-state index in [2.05, 4.69) is 20.2 Å². The molecule has 1 atom stereocenters. The number of hydrogen-bond donors (Lipinski definition) is 2. The van der Waals surface area contributed by atoms with Gasteiger partial charge in [-0.1, -0.05) is 13.0 Å². The maximum atomic E-state index is 13.2. The second-order valence-corrected chi connectivity index (χ2v) is 7.44. The second kappa shape index (κ2) is 8.62. The molecule has 0 aliphatic carbocycles. The smallest absolute Gasteiger partial charge is 0.253 e. The van der Waals surface area contributed by atoms with Crippen molar-refractivity contribution in [1.29, 1.82) is 0 Å². The molecule has 0 unspecified atom stereocenters. The van der Waals surface area contributed by atoms with E-state index in [1.165, 1.54) is 6.92 Å². The van der Waals surface area contributed by atoms with Gasteiger partial charge in [-0.3, -0.25) is 14.6 Å². The number of amides is 2. The largest absolute Gasteiger partial charge is 0.379 e. The number of carbonyl (C=O) groups is 2. The van der Waals surface area contributed by atoms with E-state index < -0.39 is 0 Å². The SMILES string of the molecule is CCc1nc2cc(NC(C)=O)cc(C(=O)N[C@@H]3CCOC3)c2n1Cc1cccnc1. The van der Waals surface area contributed by atoms with Crippen molar-refractivity contribution in [1.82, 2.24) is 19.9 Å². The molecule has 1 aromatic carbocycles. The first-order chi connectivity index (χ1) is 14.5. The Bertz CT molecular complexity index is 1070. The van der Waals surface area contributed by atoms with Crippen LogP contribution in [0, 0.1) is 0 Å². The number of hydrogen-bond acceptors (Lipinski definition) is 5. The predicted molar refractivity (Wildman–Crippen MR) is 113 cm³/mol. The van der Waals surface area contributed by atoms with E-state index in [1.54, 1.807) is 12.3 Å². The number of nitrogens with one attached hydrogen (secondary N) is 2. The molecule has 1 fully saturated rings. The molecule has 30 heavy (non-hydrogen) atoms. The van der Waals surface area contributed by atoms with Crippen molar-refractivity contribution in [3.8, 4) is 0 Å². The van der Waals surface area contributed by atoms with Crippen LogP contribution < -0.4 is 10.6 Å². The number of aryl methyl sites for hydroxylation is 1. The van der Waals surface area contributed by atoms with Gasteiger partial charge in [-0.15, -0.1) is 0 Å². The molecule has 1 aliphatic rings. The standard InChI is InChI=1S/C22H25N5O3/c1-3-20-26-19-10-17(24-14(2)28)9-18(22(29)25-16-6-8-30-13-16)21(19)27(20)12-15-5-4-7-23-11-15/h4-5,7,9-11,16H,3,6,8,12-13H2,1-2H3,(H,24,28)(H,25,29)/t16-/m1/s1. The molecule has 1 aliphatic heterocycles. The topological polar surface area (TPSA) is 98.1 Å². The minimum absolute atomic E-state index is 0.0164. The highest BCUT2D eigenvalue weighted by molar-refractivity contribution is 6.07. The van der Waals surface area contributed by atoms with Crippen LogP contribution in [0.1, 0.15) is 42.0 Å². The zero-order valence-electron chi connectivity index (χ0n) is 17.1. The van der Waals surface area contributed by atoms with Gasteiger partial charge >= 0.3 is 0 Å². The number of pyridine rings is 1. The van der Waals surface area contributed by atoms with Crippen LogP contribution in [0.15, 0.2) is 36.7 Å². The normalized spacial score (nSPS) is 16.0. The van der Waals surface area contributed by atoms with Crippen molar-refractivity contribution < 1.29 is 14.3 Å². The van der Waals surface area contributed by atoms with E-state index in [1.807, 2.05) is 31.3 Å². The van der Waals surface area contributed by atoms with Crippen molar-refractivity contribution in [3.63, 3.8) is 0 Å². The van der Waals surface area contributed by atoms with Gasteiger partial charge in [-0.2, -0.15) is 0 Å². The third-order valence-corrected chi connectivity index (χ3v) is 5.13. The third kappa shape index (κ3) is 4.18. The highest BCUT2D eigenvalue weighted by atomic mass is 16.5. The van der Waals surface area contributed by atoms with Gasteiger partial charge in [-0.05, 0) is 30.2 Å². The fraction of sp³-hybridized carbons (Fsp3) is 0.364. The second-order valence-electron chi connectivity index (χ2n) is 7.44. The Hall–Kier alpha value is -3.26. The van der Waals surface area contributed by atoms with Crippen LogP contribution in [0.5, 0.6) is 0 Å². The molecular weight excluding hydrogens is 382 g/mol. The van der Waals surface area contributed by atoms with Crippen LogP contribution in [-0.4, -0.2) is 45.6 Å². The number of fused-ring (bicyclic) bond motifs is 1. The van der Waals surface area contributed by atoms with Crippen molar-refractivity contribution in [2.45, 2.75) is 39.3 Å². The summed E-state index contributed by atoms with van der Waals surface area (Å²) in [4.78, 5) is 33.8. The molecule has 2 amide bonds. The molecule has 0 saturated carbocycles. The highest BCUT2D eigenvalue weighted by Crippen LogP contribution is 2.27. The summed E-state index contributed by atoms with van der Waals surface area (Å²) in [5, 5.41) is 5.84. The lowest BCUT2D eigenvalue weighted by Gasteiger charge is -2.15. The van der Waals surface area contributed by atoms with Crippen LogP contribution >= 0.6 is 0 Å². The highest BCUT2D eigenvalue weighted by Gasteiger charge is 2.23. The van der Waals surface area contributed by atoms with Crippen LogP contribution in [-0.2, 0) is 22.5 Å². The van der Waals surface area contributed by atoms with E-state index in [0.717, 1.165) is 23.3 Å². The fourth-order valence-corrected chi connectivity index (χ4v) is 3.79. The van der Waals surface area contributed by atoms with Gasteiger partial charge in [0.25, 0.3) is 5.91 Å². The maximum Gasteiger partial charge on any atom is 0.253 e. The Labute approximate surface area is 174 Å². The van der Waals surface area contributed by atoms with Crippen molar-refractivity contribution >= 4 is 28.5 Å². The van der Waals surface area contributed by atoms with Gasteiger partial charge in [-0.25, -0.2) is 4.98 Å². The van der Waals surface area contributed by atoms with Crippen LogP contribution in [0.25, 0.3) is 11.0 Å². The molecule has 2 N–H and O–H groups in total. The Morgan fingerprint density at radius 1 is 1.33 bits per heavy atom. The summed E-state index contributed by atoms with van der Waals surface area (Å²) in [6.45, 7) is 5.18. The number of aromatic nitrogens is 3. The quantitative estimate of drug-likeness (QED) is 0.654. The van der Waals surface area contributed by atoms with Gasteiger partial charge in [0.15, 0.2) is 0 Å². The molecule has 0 spiro atoms. The summed E-state index contributed by atoms with van der Waals surface area (Å²) in [5.41, 5.74) is 3.49. The summed E-state index contributed by atoms with van der Waals surface area (Å²) in [6.07, 6.45) is 5.04. The Kier molecular flexibility index (Phi) is 5.76. The number of nitrogens with zero attached hydrogens (tertiary/aromatic N) is 3. The first-order valence-corrected chi connectivity index (χ1v) is 10.1. The summed E-state index contributed by atoms with van der Waals surface area (Å²) in [5.74, 6) is 0.472. The Balaban J connectivity index is 1.83. The lowest BCUT2D eigenvalue weighted by Crippen LogP contribution is -2.35. The molecule has 8 heteroatoms. The predicted octanol–water partition coefficient (Wildman–Crippen LogP) is 2.52. The van der Waals surface area contributed by atoms with E-state index in [4.69, 9.17) is 9.72 Å². The fourth-order valence-electron chi connectivity index (χ4n) is 3.79. The third-order valence-electron chi connectivity index (χ3n) is 5.13. The average Bonchev–Trinajstić information content (AvgIpc) is 3.35. The van der Waals surface area contributed by atoms with E-state index >= 15 is 0 Å². The van der Waals surface area contributed by atoms with Gasteiger partial charge < -0.3 is 19.9 Å². The maximum absolute atomic E-state index is 13.2. The molecular formula is C22H25N5O3. The van der Waals surface area contributed by atoms with E-state index in [0.29, 0.717) is 42.9 Å². The number of benzene rings is 1. The molecule has 3 aromatic rings. The summed E-state index contributed by atoms with van der Waals surface area (Å²) < 4.78 is 7.45. The van der Waals surface area contributed by atoms with Crippen molar-refractivity contribution in [2.24, 2.45) is 0 Å². The zero-order valence-corrected chi connectivity index (χ0v) is 17.1. The Morgan fingerprint density at radius 2 is 2.20 bits per heavy atom. The molecule has 0 bridgehead atoms. The van der Waals surface area contributed by atoms with E-state index in [9.17, 15) is 9.59 Å². The first-order valence-electron chi connectivity index (χ1n) is 10.1. The monoisotopic (exact) mass is 407 g/mol. The first kappa shape index (κ1) is 20.0. The summed E-state index contributed by atoms with van der Waals surface area (Å²) >= 11 is 0. The number of rotatable bonds is 6. The molecule has 4 rings (SSSR count). The number of anilines is 1. The van der Waals surface area contributed by atoms with Crippen molar-refractivity contribution in [2.75, 3.05) is 18.5 Å². The summed E-state index contributed by atoms with van der Waals surface area (Å²) in [7, 11) is 0. The minimum Gasteiger partial charge on any atom is -0.379 e. The molecule has 1 saturated heterocycles. The number of imidazole rings is 1. The Morgan fingerprint density at radius 3 is 2.87 bits per heavy atom. The van der Waals surface area contributed by atoms with Gasteiger partial charge in [0.1, 0.15) is 5.82 Å². The molecule has 156 valence electrons.